The van der Waals surface area contributed by atoms with E-state index in [2.05, 4.69) is 37.2 Å². The van der Waals surface area contributed by atoms with Gasteiger partial charge in [0.25, 0.3) is 11.8 Å². The van der Waals surface area contributed by atoms with Crippen molar-refractivity contribution in [3.8, 4) is 17.2 Å². The van der Waals surface area contributed by atoms with Crippen LogP contribution in [0.25, 0.3) is 6.08 Å². The lowest BCUT2D eigenvalue weighted by Gasteiger charge is -2.26. The van der Waals surface area contributed by atoms with E-state index in [-0.39, 0.29) is 24.7 Å². The minimum absolute atomic E-state index is 0.131. The van der Waals surface area contributed by atoms with Gasteiger partial charge in [-0.1, -0.05) is 6.07 Å². The van der Waals surface area contributed by atoms with Crippen LogP contribution < -0.4 is 24.4 Å². The quantitative estimate of drug-likeness (QED) is 0.307. The fraction of sp³-hybridized carbons (Fsp3) is 0.0800. The number of anilines is 1. The van der Waals surface area contributed by atoms with Gasteiger partial charge in [-0.3, -0.25) is 14.9 Å². The molecule has 3 aromatic rings. The van der Waals surface area contributed by atoms with Crippen LogP contribution >= 0.6 is 31.9 Å². The standard InChI is InChI=1S/C25H15Br2FN2O6/c26-18-8-14(9-19(27)22(18)34-11-13-1-6-20-21(10-13)36-12-35-20)7-17-23(31)29-25(33)30(24(17)32)16-4-2-15(28)3-5-16/h1-10H,11-12H2,(H,29,31,33)/b17-7+. The van der Waals surface area contributed by atoms with Crippen LogP contribution in [0.3, 0.4) is 0 Å². The number of carbonyl (C=O) groups excluding carboxylic acids is 3. The number of amides is 4. The number of urea groups is 1. The van der Waals surface area contributed by atoms with Crippen LogP contribution in [0, 0.1) is 5.82 Å². The van der Waals surface area contributed by atoms with Crippen LogP contribution in [0.15, 0.2) is 69.1 Å². The molecule has 2 heterocycles. The minimum atomic E-state index is -0.914. The molecule has 3 aromatic carbocycles. The SMILES string of the molecule is O=C1NC(=O)N(c2ccc(F)cc2)C(=O)/C1=C/c1cc(Br)c(OCc2ccc3c(c2)OCO3)c(Br)c1. The van der Waals surface area contributed by atoms with Crippen molar-refractivity contribution in [2.24, 2.45) is 0 Å². The molecule has 182 valence electrons. The Labute approximate surface area is 220 Å². The summed E-state index contributed by atoms with van der Waals surface area (Å²) in [6.07, 6.45) is 1.36. The summed E-state index contributed by atoms with van der Waals surface area (Å²) in [6.45, 7) is 0.438. The third-order valence-corrected chi connectivity index (χ3v) is 6.52. The number of halogens is 3. The predicted molar refractivity (Wildman–Crippen MR) is 134 cm³/mol. The molecule has 0 unspecified atom stereocenters. The summed E-state index contributed by atoms with van der Waals surface area (Å²) in [5.74, 6) is -0.341. The summed E-state index contributed by atoms with van der Waals surface area (Å²) in [7, 11) is 0. The second-order valence-corrected chi connectivity index (χ2v) is 9.43. The van der Waals surface area contributed by atoms with Gasteiger partial charge in [-0.05, 0) is 97.6 Å². The van der Waals surface area contributed by atoms with Crippen LogP contribution in [0.5, 0.6) is 17.2 Å². The number of nitrogens with one attached hydrogen (secondary N) is 1. The van der Waals surface area contributed by atoms with Gasteiger partial charge in [-0.25, -0.2) is 14.1 Å². The van der Waals surface area contributed by atoms with Gasteiger partial charge in [0, 0.05) is 0 Å². The fourth-order valence-electron chi connectivity index (χ4n) is 3.64. The van der Waals surface area contributed by atoms with Crippen LogP contribution in [0.4, 0.5) is 14.9 Å². The van der Waals surface area contributed by atoms with Gasteiger partial charge in [0.15, 0.2) is 11.5 Å². The second kappa shape index (κ2) is 9.75. The third-order valence-electron chi connectivity index (χ3n) is 5.34. The zero-order valence-corrected chi connectivity index (χ0v) is 21.4. The predicted octanol–water partition coefficient (Wildman–Crippen LogP) is 5.32. The van der Waals surface area contributed by atoms with E-state index in [9.17, 15) is 18.8 Å². The van der Waals surface area contributed by atoms with Gasteiger partial charge in [0.2, 0.25) is 6.79 Å². The summed E-state index contributed by atoms with van der Waals surface area (Å²) in [5, 5.41) is 2.14. The molecule has 0 spiro atoms. The molecular weight excluding hydrogens is 603 g/mol. The highest BCUT2D eigenvalue weighted by Gasteiger charge is 2.36. The van der Waals surface area contributed by atoms with E-state index in [1.165, 1.54) is 18.2 Å². The van der Waals surface area contributed by atoms with Gasteiger partial charge < -0.3 is 14.2 Å². The van der Waals surface area contributed by atoms with E-state index in [0.717, 1.165) is 22.6 Å². The van der Waals surface area contributed by atoms with E-state index in [0.29, 0.717) is 31.8 Å². The van der Waals surface area contributed by atoms with Crippen molar-refractivity contribution in [2.45, 2.75) is 6.61 Å². The molecule has 4 amide bonds. The summed E-state index contributed by atoms with van der Waals surface area (Å²) in [4.78, 5) is 38.6. The van der Waals surface area contributed by atoms with Crippen molar-refractivity contribution in [2.75, 3.05) is 11.7 Å². The largest absolute Gasteiger partial charge is 0.487 e. The zero-order valence-electron chi connectivity index (χ0n) is 18.2. The van der Waals surface area contributed by atoms with Crippen molar-refractivity contribution in [3.05, 3.63) is 86.1 Å². The van der Waals surface area contributed by atoms with Gasteiger partial charge in [0.1, 0.15) is 23.7 Å². The summed E-state index contributed by atoms with van der Waals surface area (Å²) in [6, 6.07) is 12.7. The molecule has 0 radical (unpaired) electrons. The average Bonchev–Trinajstić information content (AvgIpc) is 3.30. The normalized spacial score (nSPS) is 15.9. The van der Waals surface area contributed by atoms with E-state index in [1.807, 2.05) is 18.2 Å². The molecule has 5 rings (SSSR count). The van der Waals surface area contributed by atoms with E-state index < -0.39 is 23.7 Å². The Morgan fingerprint density at radius 3 is 2.39 bits per heavy atom. The number of barbiturate groups is 1. The lowest BCUT2D eigenvalue weighted by atomic mass is 10.1. The van der Waals surface area contributed by atoms with Crippen LogP contribution in [-0.2, 0) is 16.2 Å². The molecule has 0 aliphatic carbocycles. The summed E-state index contributed by atoms with van der Waals surface area (Å²) in [5.41, 5.74) is 1.24. The highest BCUT2D eigenvalue weighted by Crippen LogP contribution is 2.37. The highest BCUT2D eigenvalue weighted by molar-refractivity contribution is 9.11. The first-order chi connectivity index (χ1) is 17.3. The maximum absolute atomic E-state index is 13.3. The number of imide groups is 2. The maximum atomic E-state index is 13.3. The molecule has 0 atom stereocenters. The summed E-state index contributed by atoms with van der Waals surface area (Å²) >= 11 is 6.93. The van der Waals surface area contributed by atoms with Crippen molar-refractivity contribution in [1.82, 2.24) is 5.32 Å². The number of ether oxygens (including phenoxy) is 3. The first-order valence-corrected chi connectivity index (χ1v) is 12.1. The second-order valence-electron chi connectivity index (χ2n) is 7.72. The molecule has 36 heavy (non-hydrogen) atoms. The third kappa shape index (κ3) is 4.71. The number of carbonyl (C=O) groups is 3. The monoisotopic (exact) mass is 616 g/mol. The first kappa shape index (κ1) is 24.0. The number of fused-ring (bicyclic) bond motifs is 1. The van der Waals surface area contributed by atoms with E-state index in [1.54, 1.807) is 12.1 Å². The van der Waals surface area contributed by atoms with Crippen LogP contribution in [0.2, 0.25) is 0 Å². The molecule has 2 aliphatic rings. The van der Waals surface area contributed by atoms with Gasteiger partial charge in [0.05, 0.1) is 14.6 Å². The smallest absolute Gasteiger partial charge is 0.335 e. The number of rotatable bonds is 5. The number of benzene rings is 3. The molecular formula is C25H15Br2FN2O6. The van der Waals surface area contributed by atoms with E-state index in [4.69, 9.17) is 14.2 Å². The van der Waals surface area contributed by atoms with Crippen LogP contribution in [-0.4, -0.2) is 24.6 Å². The fourth-order valence-corrected chi connectivity index (χ4v) is 5.09. The Kier molecular flexibility index (Phi) is 6.50. The zero-order chi connectivity index (χ0) is 25.4. The van der Waals surface area contributed by atoms with Crippen LogP contribution in [0.1, 0.15) is 11.1 Å². The molecule has 8 nitrogen and oxygen atoms in total. The molecule has 0 aromatic heterocycles. The Morgan fingerprint density at radius 1 is 0.972 bits per heavy atom. The lowest BCUT2D eigenvalue weighted by Crippen LogP contribution is -2.54. The Balaban J connectivity index is 1.38. The Hall–Kier alpha value is -3.70. The molecule has 1 fully saturated rings. The molecule has 11 heteroatoms. The number of hydrogen-bond donors (Lipinski definition) is 1. The molecule has 1 saturated heterocycles. The Morgan fingerprint density at radius 2 is 1.67 bits per heavy atom. The van der Waals surface area contributed by atoms with Crippen molar-refractivity contribution in [3.63, 3.8) is 0 Å². The van der Waals surface area contributed by atoms with Crippen molar-refractivity contribution in [1.29, 1.82) is 0 Å². The molecule has 2 aliphatic heterocycles. The maximum Gasteiger partial charge on any atom is 0.335 e. The lowest BCUT2D eigenvalue weighted by molar-refractivity contribution is -0.122. The topological polar surface area (TPSA) is 94.2 Å². The minimum Gasteiger partial charge on any atom is -0.487 e. The van der Waals surface area contributed by atoms with E-state index >= 15 is 0 Å². The highest BCUT2D eigenvalue weighted by atomic mass is 79.9. The van der Waals surface area contributed by atoms with Gasteiger partial charge in [-0.15, -0.1) is 0 Å². The van der Waals surface area contributed by atoms with Crippen molar-refractivity contribution < 1.29 is 33.0 Å². The Bertz CT molecular complexity index is 1420. The molecule has 0 saturated carbocycles. The molecule has 0 bridgehead atoms. The number of nitrogens with zero attached hydrogens (tertiary/aromatic N) is 1. The van der Waals surface area contributed by atoms with Gasteiger partial charge in [-0.2, -0.15) is 0 Å². The summed E-state index contributed by atoms with van der Waals surface area (Å²) < 4.78 is 31.1. The molecule has 1 N–H and O–H groups in total. The average molecular weight is 618 g/mol. The number of hydrogen-bond acceptors (Lipinski definition) is 6. The van der Waals surface area contributed by atoms with Gasteiger partial charge >= 0.3 is 6.03 Å². The van der Waals surface area contributed by atoms with Crippen molar-refractivity contribution >= 4 is 61.5 Å². The first-order valence-electron chi connectivity index (χ1n) is 10.5.